The topological polar surface area (TPSA) is 41.5 Å². The molecule has 0 bridgehead atoms. The van der Waals surface area contributed by atoms with Crippen LogP contribution < -0.4 is 5.32 Å². The van der Waals surface area contributed by atoms with Gasteiger partial charge in [0.1, 0.15) is 0 Å². The summed E-state index contributed by atoms with van der Waals surface area (Å²) in [7, 11) is 1.82. The van der Waals surface area contributed by atoms with Crippen molar-refractivity contribution < 1.29 is 9.84 Å². The molecule has 0 aliphatic rings. The summed E-state index contributed by atoms with van der Waals surface area (Å²) in [5, 5.41) is 11.3. The normalized spacial score (nSPS) is 13.9. The number of aliphatic hydroxyl groups excluding tert-OH is 1. The quantitative estimate of drug-likeness (QED) is 0.381. The van der Waals surface area contributed by atoms with E-state index < -0.39 is 6.29 Å². The number of aliphatic hydroxyl groups is 1. The van der Waals surface area contributed by atoms with Crippen molar-refractivity contribution in [2.24, 2.45) is 0 Å². The Kier molecular flexibility index (Phi) is 4.95. The minimum absolute atomic E-state index is 0.501. The second kappa shape index (κ2) is 5.03. The molecule has 2 N–H and O–H groups in total. The maximum atomic E-state index is 8.42. The van der Waals surface area contributed by atoms with Crippen LogP contribution in [0, 0.1) is 6.92 Å². The first kappa shape index (κ1) is 7.88. The second-order valence-electron chi connectivity index (χ2n) is 1.43. The van der Waals surface area contributed by atoms with E-state index in [2.05, 4.69) is 17.0 Å². The van der Waals surface area contributed by atoms with Gasteiger partial charge in [0.05, 0.1) is 6.61 Å². The molecule has 0 aliphatic carbocycles. The second-order valence-corrected chi connectivity index (χ2v) is 1.43. The van der Waals surface area contributed by atoms with Crippen molar-refractivity contribution in [3.05, 3.63) is 6.92 Å². The van der Waals surface area contributed by atoms with Crippen LogP contribution in [-0.2, 0) is 4.74 Å². The lowest BCUT2D eigenvalue weighted by Crippen LogP contribution is -2.18. The Hall–Kier alpha value is -0.120. The number of hydrogen-bond acceptors (Lipinski definition) is 3. The molecular weight excluding hydrogens is 106 g/mol. The molecule has 1 radical (unpaired) electrons. The van der Waals surface area contributed by atoms with E-state index >= 15 is 0 Å². The highest BCUT2D eigenvalue weighted by Crippen LogP contribution is 1.79. The molecule has 0 amide bonds. The van der Waals surface area contributed by atoms with Gasteiger partial charge in [-0.3, -0.25) is 0 Å². The van der Waals surface area contributed by atoms with Crippen LogP contribution in [0.5, 0.6) is 0 Å². The molecule has 0 saturated heterocycles. The average molecular weight is 118 g/mol. The molecule has 0 rings (SSSR count). The fraction of sp³-hybridized carbons (Fsp3) is 0.800. The number of likely N-dealkylation sites (N-methyl/N-ethyl adjacent to an activating group) is 1. The van der Waals surface area contributed by atoms with Crippen molar-refractivity contribution in [1.29, 1.82) is 0 Å². The molecule has 0 aromatic carbocycles. The molecule has 0 aromatic heterocycles. The van der Waals surface area contributed by atoms with E-state index in [4.69, 9.17) is 5.11 Å². The molecule has 1 unspecified atom stereocenters. The van der Waals surface area contributed by atoms with E-state index in [1.54, 1.807) is 0 Å². The minimum atomic E-state index is -0.886. The number of nitrogens with one attached hydrogen (secondary N) is 1. The zero-order valence-electron chi connectivity index (χ0n) is 5.05. The summed E-state index contributed by atoms with van der Waals surface area (Å²) in [4.78, 5) is 0. The lowest BCUT2D eigenvalue weighted by atomic mass is 10.7. The lowest BCUT2D eigenvalue weighted by molar-refractivity contribution is -0.0643. The van der Waals surface area contributed by atoms with Gasteiger partial charge in [-0.05, 0) is 7.05 Å². The van der Waals surface area contributed by atoms with E-state index in [1.807, 2.05) is 7.05 Å². The molecule has 0 fully saturated rings. The molecule has 3 heteroatoms. The number of ether oxygens (including phenoxy) is 1. The summed E-state index contributed by atoms with van der Waals surface area (Å²) in [5.41, 5.74) is 0. The predicted octanol–water partition coefficient (Wildman–Crippen LogP) is -0.625. The Morgan fingerprint density at radius 3 is 2.88 bits per heavy atom. The van der Waals surface area contributed by atoms with Gasteiger partial charge in [0.2, 0.25) is 0 Å². The molecule has 3 nitrogen and oxygen atoms in total. The molecule has 1 atom stereocenters. The van der Waals surface area contributed by atoms with Crippen molar-refractivity contribution in [1.82, 2.24) is 5.32 Å². The van der Waals surface area contributed by atoms with Crippen LogP contribution in [0.3, 0.4) is 0 Å². The van der Waals surface area contributed by atoms with Gasteiger partial charge in [-0.25, -0.2) is 0 Å². The smallest absolute Gasteiger partial charge is 0.154 e. The summed E-state index contributed by atoms with van der Waals surface area (Å²) in [5.74, 6) is 0. The summed E-state index contributed by atoms with van der Waals surface area (Å²) in [6, 6.07) is 0. The minimum Gasteiger partial charge on any atom is -0.368 e. The van der Waals surface area contributed by atoms with E-state index in [-0.39, 0.29) is 0 Å². The molecular formula is C5H12NO2. The fourth-order valence-corrected chi connectivity index (χ4v) is 0.297. The van der Waals surface area contributed by atoms with Crippen LogP contribution in [0.1, 0.15) is 0 Å². The molecule has 0 aromatic rings. The van der Waals surface area contributed by atoms with Gasteiger partial charge in [-0.2, -0.15) is 0 Å². The van der Waals surface area contributed by atoms with Crippen LogP contribution in [0.4, 0.5) is 0 Å². The highest BCUT2D eigenvalue weighted by Gasteiger charge is 1.90. The van der Waals surface area contributed by atoms with Gasteiger partial charge in [-0.15, -0.1) is 0 Å². The van der Waals surface area contributed by atoms with Crippen molar-refractivity contribution in [2.75, 3.05) is 20.2 Å². The van der Waals surface area contributed by atoms with Crippen LogP contribution in [0.15, 0.2) is 0 Å². The average Bonchev–Trinajstić information content (AvgIpc) is 1.66. The molecule has 8 heavy (non-hydrogen) atoms. The summed E-state index contributed by atoms with van der Waals surface area (Å²) in [6.45, 7) is 4.46. The summed E-state index contributed by atoms with van der Waals surface area (Å²) < 4.78 is 4.66. The molecule has 0 spiro atoms. The van der Waals surface area contributed by atoms with Crippen molar-refractivity contribution in [2.45, 2.75) is 6.29 Å². The van der Waals surface area contributed by atoms with Crippen molar-refractivity contribution in [3.8, 4) is 0 Å². The van der Waals surface area contributed by atoms with E-state index in [1.165, 1.54) is 0 Å². The third-order valence-corrected chi connectivity index (χ3v) is 0.662. The van der Waals surface area contributed by atoms with Crippen molar-refractivity contribution >= 4 is 0 Å². The van der Waals surface area contributed by atoms with Gasteiger partial charge >= 0.3 is 0 Å². The Labute approximate surface area is 49.7 Å². The fourth-order valence-electron chi connectivity index (χ4n) is 0.297. The van der Waals surface area contributed by atoms with E-state index in [0.717, 1.165) is 6.54 Å². The van der Waals surface area contributed by atoms with Gasteiger partial charge in [0.15, 0.2) is 6.29 Å². The monoisotopic (exact) mass is 118 g/mol. The molecule has 0 heterocycles. The van der Waals surface area contributed by atoms with Gasteiger partial charge < -0.3 is 15.2 Å². The third-order valence-electron chi connectivity index (χ3n) is 0.662. The van der Waals surface area contributed by atoms with Crippen LogP contribution >= 0.6 is 0 Å². The number of hydrogen-bond donors (Lipinski definition) is 2. The highest BCUT2D eigenvalue weighted by molar-refractivity contribution is 4.41. The lowest BCUT2D eigenvalue weighted by Gasteiger charge is -2.03. The SMILES string of the molecule is [CH2]C(O)OCCNC. The van der Waals surface area contributed by atoms with Gasteiger partial charge in [0.25, 0.3) is 0 Å². The van der Waals surface area contributed by atoms with E-state index in [9.17, 15) is 0 Å². The summed E-state index contributed by atoms with van der Waals surface area (Å²) in [6.07, 6.45) is -0.886. The van der Waals surface area contributed by atoms with Crippen LogP contribution in [-0.4, -0.2) is 31.6 Å². The van der Waals surface area contributed by atoms with Crippen LogP contribution in [0.25, 0.3) is 0 Å². The third kappa shape index (κ3) is 5.88. The van der Waals surface area contributed by atoms with Crippen LogP contribution in [0.2, 0.25) is 0 Å². The molecule has 0 aliphatic heterocycles. The zero-order chi connectivity index (χ0) is 6.41. The molecule has 0 saturated carbocycles. The first-order valence-electron chi connectivity index (χ1n) is 2.54. The van der Waals surface area contributed by atoms with E-state index in [0.29, 0.717) is 6.61 Å². The maximum absolute atomic E-state index is 8.42. The maximum Gasteiger partial charge on any atom is 0.154 e. The number of rotatable bonds is 4. The Morgan fingerprint density at radius 2 is 2.50 bits per heavy atom. The highest BCUT2D eigenvalue weighted by atomic mass is 16.6. The Bertz CT molecular complexity index is 47.7. The zero-order valence-corrected chi connectivity index (χ0v) is 5.05. The van der Waals surface area contributed by atoms with Crippen molar-refractivity contribution in [3.63, 3.8) is 0 Å². The summed E-state index contributed by atoms with van der Waals surface area (Å²) >= 11 is 0. The Morgan fingerprint density at radius 1 is 1.88 bits per heavy atom. The molecule has 49 valence electrons. The predicted molar refractivity (Wildman–Crippen MR) is 31.2 cm³/mol. The largest absolute Gasteiger partial charge is 0.368 e. The standard InChI is InChI=1S/C5H12NO2/c1-5(7)8-4-3-6-2/h5-7H,1,3-4H2,2H3. The first-order valence-corrected chi connectivity index (χ1v) is 2.54. The Balaban J connectivity index is 2.72. The van der Waals surface area contributed by atoms with Gasteiger partial charge in [-0.1, -0.05) is 0 Å². The first-order chi connectivity index (χ1) is 3.77. The van der Waals surface area contributed by atoms with Gasteiger partial charge in [0, 0.05) is 13.5 Å².